The molecule has 0 aliphatic rings. The van der Waals surface area contributed by atoms with E-state index in [4.69, 9.17) is 5.11 Å². The smallest absolute Gasteiger partial charge is 0.323 e. The zero-order valence-electron chi connectivity index (χ0n) is 12.1. The molecule has 0 saturated carbocycles. The number of benzene rings is 1. The van der Waals surface area contributed by atoms with Crippen LogP contribution in [0.3, 0.4) is 0 Å². The van der Waals surface area contributed by atoms with Gasteiger partial charge in [0.25, 0.3) is 0 Å². The van der Waals surface area contributed by atoms with Crippen LogP contribution >= 0.6 is 0 Å². The van der Waals surface area contributed by atoms with Gasteiger partial charge in [-0.15, -0.1) is 0 Å². The van der Waals surface area contributed by atoms with Gasteiger partial charge in [-0.05, 0) is 18.6 Å². The maximum Gasteiger partial charge on any atom is 0.323 e. The summed E-state index contributed by atoms with van der Waals surface area (Å²) in [6.07, 6.45) is 0.101. The lowest BCUT2D eigenvalue weighted by atomic mass is 10.1. The van der Waals surface area contributed by atoms with Gasteiger partial charge in [0.05, 0.1) is 5.56 Å². The summed E-state index contributed by atoms with van der Waals surface area (Å²) in [4.78, 5) is 35.5. The fraction of sp³-hybridized carbons (Fsp3) is 0.400. The molecule has 0 aromatic heterocycles. The first-order chi connectivity index (χ1) is 10.3. The topological polar surface area (TPSA) is 74.7 Å². The number of carbonyl (C=O) groups excluding carboxylic acids is 2. The number of carboxylic acid groups (broad SMARTS) is 1. The lowest BCUT2D eigenvalue weighted by Crippen LogP contribution is -2.36. The van der Waals surface area contributed by atoms with Crippen molar-refractivity contribution in [1.29, 1.82) is 0 Å². The van der Waals surface area contributed by atoms with Crippen molar-refractivity contribution in [1.82, 2.24) is 4.90 Å². The number of carboxylic acids is 1. The van der Waals surface area contributed by atoms with Crippen molar-refractivity contribution in [2.45, 2.75) is 26.2 Å². The third-order valence-corrected chi connectivity index (χ3v) is 2.97. The normalized spacial score (nSPS) is 10.3. The fourth-order valence-electron chi connectivity index (χ4n) is 1.95. The molecule has 7 heteroatoms. The summed E-state index contributed by atoms with van der Waals surface area (Å²) in [5, 5.41) is 8.73. The van der Waals surface area contributed by atoms with Gasteiger partial charge in [-0.3, -0.25) is 14.4 Å². The van der Waals surface area contributed by atoms with Gasteiger partial charge in [0, 0.05) is 25.5 Å². The maximum atomic E-state index is 13.4. The molecule has 22 heavy (non-hydrogen) atoms. The molecule has 1 N–H and O–H groups in total. The van der Waals surface area contributed by atoms with Gasteiger partial charge in [-0.2, -0.15) is 0 Å². The third kappa shape index (κ3) is 5.23. The minimum absolute atomic E-state index is 0.219. The molecule has 0 radical (unpaired) electrons. The Hall–Kier alpha value is -2.31. The number of Topliss-reactive ketones (excluding diaryl/α,β-unsaturated/α-hetero) is 1. The summed E-state index contributed by atoms with van der Waals surface area (Å²) in [7, 11) is 0. The Bertz CT molecular complexity index is 575. The second-order valence-corrected chi connectivity index (χ2v) is 4.76. The molecule has 1 aromatic carbocycles. The van der Waals surface area contributed by atoms with Crippen LogP contribution in [0, 0.1) is 11.6 Å². The highest BCUT2D eigenvalue weighted by molar-refractivity contribution is 5.98. The molecule has 0 unspecified atom stereocenters. The molecule has 0 atom stereocenters. The first kappa shape index (κ1) is 17.7. The molecule has 0 bridgehead atoms. The van der Waals surface area contributed by atoms with Gasteiger partial charge >= 0.3 is 5.97 Å². The van der Waals surface area contributed by atoms with Crippen LogP contribution in [0.1, 0.15) is 36.5 Å². The molecule has 0 fully saturated rings. The van der Waals surface area contributed by atoms with E-state index in [1.165, 1.54) is 0 Å². The van der Waals surface area contributed by atoms with Crippen LogP contribution < -0.4 is 0 Å². The lowest BCUT2D eigenvalue weighted by Gasteiger charge is -2.19. The molecule has 120 valence electrons. The van der Waals surface area contributed by atoms with E-state index in [-0.39, 0.29) is 24.9 Å². The van der Waals surface area contributed by atoms with Crippen molar-refractivity contribution in [3.8, 4) is 0 Å². The van der Waals surface area contributed by atoms with E-state index < -0.39 is 35.8 Å². The predicted molar refractivity (Wildman–Crippen MR) is 74.4 cm³/mol. The van der Waals surface area contributed by atoms with Crippen LogP contribution in [0.2, 0.25) is 0 Å². The van der Waals surface area contributed by atoms with Crippen molar-refractivity contribution < 1.29 is 28.3 Å². The van der Waals surface area contributed by atoms with Crippen molar-refractivity contribution in [3.63, 3.8) is 0 Å². The standard InChI is InChI=1S/C15H17F2NO4/c1-2-7-18(9-15(21)22)14(20)6-5-13(19)11-4-3-10(16)8-12(11)17/h3-4,8H,2,5-7,9H2,1H3,(H,21,22). The highest BCUT2D eigenvalue weighted by atomic mass is 19.1. The number of hydrogen-bond acceptors (Lipinski definition) is 3. The predicted octanol–water partition coefficient (Wildman–Crippen LogP) is 2.25. The van der Waals surface area contributed by atoms with Crippen LogP contribution in [0.5, 0.6) is 0 Å². The third-order valence-electron chi connectivity index (χ3n) is 2.97. The molecule has 1 aromatic rings. The number of amides is 1. The summed E-state index contributed by atoms with van der Waals surface area (Å²) in [6, 6.07) is 2.59. The zero-order chi connectivity index (χ0) is 16.7. The molecule has 0 spiro atoms. The second kappa shape index (κ2) is 8.21. The van der Waals surface area contributed by atoms with Crippen molar-refractivity contribution >= 4 is 17.7 Å². The van der Waals surface area contributed by atoms with Crippen LogP contribution in [0.15, 0.2) is 18.2 Å². The first-order valence-corrected chi connectivity index (χ1v) is 6.83. The monoisotopic (exact) mass is 313 g/mol. The van der Waals surface area contributed by atoms with Crippen molar-refractivity contribution in [2.24, 2.45) is 0 Å². The molecular formula is C15H17F2NO4. The quantitative estimate of drug-likeness (QED) is 0.747. The van der Waals surface area contributed by atoms with Crippen molar-refractivity contribution in [3.05, 3.63) is 35.4 Å². The summed E-state index contributed by atoms with van der Waals surface area (Å²) in [5.41, 5.74) is -0.283. The number of nitrogens with zero attached hydrogens (tertiary/aromatic N) is 1. The van der Waals surface area contributed by atoms with Gasteiger partial charge in [0.2, 0.25) is 5.91 Å². The minimum atomic E-state index is -1.14. The van der Waals surface area contributed by atoms with Gasteiger partial charge < -0.3 is 10.0 Å². The Kier molecular flexibility index (Phi) is 6.62. The molecule has 0 aliphatic carbocycles. The molecule has 1 rings (SSSR count). The maximum absolute atomic E-state index is 13.4. The van der Waals surface area contributed by atoms with Gasteiger partial charge in [-0.25, -0.2) is 8.78 Å². The molecule has 0 heterocycles. The average Bonchev–Trinajstić information content (AvgIpc) is 2.43. The number of carbonyl (C=O) groups is 3. The summed E-state index contributed by atoms with van der Waals surface area (Å²) >= 11 is 0. The van der Waals surface area contributed by atoms with Gasteiger partial charge in [-0.1, -0.05) is 6.92 Å². The largest absolute Gasteiger partial charge is 0.480 e. The highest BCUT2D eigenvalue weighted by Crippen LogP contribution is 2.13. The van der Waals surface area contributed by atoms with Crippen LogP contribution in [0.25, 0.3) is 0 Å². The number of aliphatic carboxylic acids is 1. The van der Waals surface area contributed by atoms with E-state index in [0.717, 1.165) is 17.0 Å². The second-order valence-electron chi connectivity index (χ2n) is 4.76. The van der Waals surface area contributed by atoms with E-state index in [1.807, 2.05) is 0 Å². The first-order valence-electron chi connectivity index (χ1n) is 6.83. The van der Waals surface area contributed by atoms with Gasteiger partial charge in [0.1, 0.15) is 18.2 Å². The molecule has 0 saturated heterocycles. The SMILES string of the molecule is CCCN(CC(=O)O)C(=O)CCC(=O)c1ccc(F)cc1F. The van der Waals surface area contributed by atoms with Gasteiger partial charge in [0.15, 0.2) is 5.78 Å². The van der Waals surface area contributed by atoms with Crippen LogP contribution in [0.4, 0.5) is 8.78 Å². The van der Waals surface area contributed by atoms with E-state index in [1.54, 1.807) is 6.92 Å². The number of hydrogen-bond donors (Lipinski definition) is 1. The number of ketones is 1. The van der Waals surface area contributed by atoms with E-state index in [2.05, 4.69) is 0 Å². The van der Waals surface area contributed by atoms with E-state index in [9.17, 15) is 23.2 Å². The molecule has 0 aliphatic heterocycles. The van der Waals surface area contributed by atoms with E-state index >= 15 is 0 Å². The Labute approximate surface area is 126 Å². The lowest BCUT2D eigenvalue weighted by molar-refractivity contribution is -0.144. The zero-order valence-corrected chi connectivity index (χ0v) is 12.1. The molecule has 1 amide bonds. The summed E-state index contributed by atoms with van der Waals surface area (Å²) in [6.45, 7) is 1.62. The Morgan fingerprint density at radius 2 is 1.86 bits per heavy atom. The number of halogens is 2. The van der Waals surface area contributed by atoms with Crippen LogP contribution in [-0.2, 0) is 9.59 Å². The molecular weight excluding hydrogens is 296 g/mol. The highest BCUT2D eigenvalue weighted by Gasteiger charge is 2.19. The Balaban J connectivity index is 2.65. The Morgan fingerprint density at radius 3 is 2.41 bits per heavy atom. The Morgan fingerprint density at radius 1 is 1.18 bits per heavy atom. The average molecular weight is 313 g/mol. The summed E-state index contributed by atoms with van der Waals surface area (Å²) < 4.78 is 26.2. The summed E-state index contributed by atoms with van der Waals surface area (Å²) in [5.74, 6) is -4.02. The molecule has 5 nitrogen and oxygen atoms in total. The van der Waals surface area contributed by atoms with Crippen LogP contribution in [-0.4, -0.2) is 40.8 Å². The number of rotatable bonds is 8. The van der Waals surface area contributed by atoms with E-state index in [0.29, 0.717) is 12.5 Å². The van der Waals surface area contributed by atoms with Crippen molar-refractivity contribution in [2.75, 3.05) is 13.1 Å². The fourth-order valence-corrected chi connectivity index (χ4v) is 1.95. The minimum Gasteiger partial charge on any atom is -0.480 e.